The lowest BCUT2D eigenvalue weighted by atomic mass is 10.1. The summed E-state index contributed by atoms with van der Waals surface area (Å²) < 4.78 is 0.806. The summed E-state index contributed by atoms with van der Waals surface area (Å²) in [6.45, 7) is 4.02. The van der Waals surface area contributed by atoms with Crippen LogP contribution in [0.5, 0.6) is 0 Å². The number of rotatable bonds is 6. The molecule has 0 saturated heterocycles. The van der Waals surface area contributed by atoms with Gasteiger partial charge in [0, 0.05) is 16.6 Å². The van der Waals surface area contributed by atoms with Crippen molar-refractivity contribution in [2.75, 3.05) is 13.1 Å². The van der Waals surface area contributed by atoms with Crippen LogP contribution in [-0.4, -0.2) is 18.0 Å². The van der Waals surface area contributed by atoms with Crippen molar-refractivity contribution in [3.63, 3.8) is 0 Å². The Hall–Kier alpha value is -0.940. The highest BCUT2D eigenvalue weighted by atomic mass is 79.9. The van der Waals surface area contributed by atoms with Crippen molar-refractivity contribution in [1.82, 2.24) is 5.32 Å². The number of nitrogens with one attached hydrogen (secondary N) is 1. The molecule has 0 fully saturated rings. The van der Waals surface area contributed by atoms with Gasteiger partial charge in [0.2, 0.25) is 0 Å². The number of hydrogen-bond acceptors (Lipinski definition) is 3. The lowest BCUT2D eigenvalue weighted by molar-refractivity contribution is -0.384. The van der Waals surface area contributed by atoms with Crippen molar-refractivity contribution in [3.8, 4) is 0 Å². The molecular weight excluding hydrogens is 272 g/mol. The van der Waals surface area contributed by atoms with Crippen LogP contribution in [0, 0.1) is 10.1 Å². The van der Waals surface area contributed by atoms with Gasteiger partial charge in [0.25, 0.3) is 5.69 Å². The van der Waals surface area contributed by atoms with Gasteiger partial charge < -0.3 is 5.32 Å². The van der Waals surface area contributed by atoms with Gasteiger partial charge in [-0.25, -0.2) is 0 Å². The maximum absolute atomic E-state index is 10.5. The molecule has 0 atom stereocenters. The van der Waals surface area contributed by atoms with E-state index in [0.29, 0.717) is 0 Å². The van der Waals surface area contributed by atoms with Crippen LogP contribution in [0.25, 0.3) is 0 Å². The molecular formula is C11H15BrN2O2. The van der Waals surface area contributed by atoms with Crippen LogP contribution in [-0.2, 0) is 6.42 Å². The van der Waals surface area contributed by atoms with E-state index in [1.165, 1.54) is 0 Å². The molecule has 88 valence electrons. The summed E-state index contributed by atoms with van der Waals surface area (Å²) in [4.78, 5) is 10.2. The zero-order valence-electron chi connectivity index (χ0n) is 9.20. The van der Waals surface area contributed by atoms with Crippen molar-refractivity contribution >= 4 is 21.6 Å². The molecule has 1 N–H and O–H groups in total. The molecule has 1 rings (SSSR count). The summed E-state index contributed by atoms with van der Waals surface area (Å²) in [5.41, 5.74) is 1.21. The minimum absolute atomic E-state index is 0.122. The van der Waals surface area contributed by atoms with E-state index in [1.54, 1.807) is 18.2 Å². The van der Waals surface area contributed by atoms with E-state index in [2.05, 4.69) is 28.2 Å². The molecule has 0 amide bonds. The molecule has 0 heterocycles. The molecule has 0 aliphatic rings. The Bertz CT molecular complexity index is 369. The molecule has 16 heavy (non-hydrogen) atoms. The lowest BCUT2D eigenvalue weighted by Gasteiger charge is -2.05. The second kappa shape index (κ2) is 6.60. The summed E-state index contributed by atoms with van der Waals surface area (Å²) in [5, 5.41) is 13.8. The first-order chi connectivity index (χ1) is 7.65. The third kappa shape index (κ3) is 3.90. The van der Waals surface area contributed by atoms with Crippen LogP contribution in [0.2, 0.25) is 0 Å². The molecule has 0 spiro atoms. The highest BCUT2D eigenvalue weighted by molar-refractivity contribution is 9.10. The molecule has 0 saturated carbocycles. The molecule has 1 aromatic carbocycles. The van der Waals surface area contributed by atoms with E-state index in [0.717, 1.165) is 36.0 Å². The Kier molecular flexibility index (Phi) is 5.42. The average Bonchev–Trinajstić information content (AvgIpc) is 2.26. The monoisotopic (exact) mass is 286 g/mol. The molecule has 0 bridgehead atoms. The van der Waals surface area contributed by atoms with Crippen LogP contribution in [0.4, 0.5) is 5.69 Å². The van der Waals surface area contributed by atoms with Crippen molar-refractivity contribution < 1.29 is 4.92 Å². The largest absolute Gasteiger partial charge is 0.316 e. The Morgan fingerprint density at radius 2 is 2.19 bits per heavy atom. The second-order valence-electron chi connectivity index (χ2n) is 3.53. The van der Waals surface area contributed by atoms with E-state index >= 15 is 0 Å². The van der Waals surface area contributed by atoms with Crippen molar-refractivity contribution in [1.29, 1.82) is 0 Å². The third-order valence-corrected chi connectivity index (χ3v) is 2.98. The Balaban J connectivity index is 2.57. The molecule has 0 radical (unpaired) electrons. The number of halogens is 1. The highest BCUT2D eigenvalue weighted by Gasteiger charge is 2.08. The summed E-state index contributed by atoms with van der Waals surface area (Å²) in [6, 6.07) is 4.89. The zero-order chi connectivity index (χ0) is 12.0. The highest BCUT2D eigenvalue weighted by Crippen LogP contribution is 2.23. The minimum Gasteiger partial charge on any atom is -0.316 e. The molecule has 0 unspecified atom stereocenters. The van der Waals surface area contributed by atoms with Crippen LogP contribution in [0.1, 0.15) is 18.9 Å². The second-order valence-corrected chi connectivity index (χ2v) is 4.39. The van der Waals surface area contributed by atoms with Gasteiger partial charge in [0.1, 0.15) is 0 Å². The maximum atomic E-state index is 10.5. The molecule has 1 aromatic rings. The molecule has 0 aliphatic carbocycles. The first kappa shape index (κ1) is 13.1. The molecule has 0 aromatic heterocycles. The number of hydrogen-bond donors (Lipinski definition) is 1. The van der Waals surface area contributed by atoms with Gasteiger partial charge in [-0.3, -0.25) is 10.1 Å². The van der Waals surface area contributed by atoms with Crippen LogP contribution in [0.3, 0.4) is 0 Å². The predicted molar refractivity (Wildman–Crippen MR) is 67.7 cm³/mol. The summed E-state index contributed by atoms with van der Waals surface area (Å²) in [5.74, 6) is 0. The van der Waals surface area contributed by atoms with Gasteiger partial charge in [0.15, 0.2) is 0 Å². The fourth-order valence-electron chi connectivity index (χ4n) is 1.38. The molecule has 5 heteroatoms. The van der Waals surface area contributed by atoms with E-state index < -0.39 is 0 Å². The van der Waals surface area contributed by atoms with E-state index in [-0.39, 0.29) is 10.6 Å². The van der Waals surface area contributed by atoms with Crippen LogP contribution >= 0.6 is 15.9 Å². The summed E-state index contributed by atoms with van der Waals surface area (Å²) in [6.07, 6.45) is 1.99. The Morgan fingerprint density at radius 1 is 1.44 bits per heavy atom. The zero-order valence-corrected chi connectivity index (χ0v) is 10.8. The van der Waals surface area contributed by atoms with Gasteiger partial charge in [-0.15, -0.1) is 0 Å². The lowest BCUT2D eigenvalue weighted by Crippen LogP contribution is -2.17. The fraction of sp³-hybridized carbons (Fsp3) is 0.455. The predicted octanol–water partition coefficient (Wildman–Crippen LogP) is 2.90. The van der Waals surface area contributed by atoms with E-state index in [1.807, 2.05) is 0 Å². The summed E-state index contributed by atoms with van der Waals surface area (Å²) >= 11 is 3.35. The van der Waals surface area contributed by atoms with Crippen molar-refractivity contribution in [3.05, 3.63) is 38.3 Å². The number of benzene rings is 1. The van der Waals surface area contributed by atoms with E-state index in [9.17, 15) is 10.1 Å². The normalized spacial score (nSPS) is 10.4. The standard InChI is InChI=1S/C11H15BrN2O2/c1-2-6-13-7-5-9-3-4-10(14(15)16)8-11(9)12/h3-4,8,13H,2,5-7H2,1H3. The fourth-order valence-corrected chi connectivity index (χ4v) is 1.94. The topological polar surface area (TPSA) is 55.2 Å². The third-order valence-electron chi connectivity index (χ3n) is 2.25. The SMILES string of the molecule is CCCNCCc1ccc([N+](=O)[O-])cc1Br. The minimum atomic E-state index is -0.385. The van der Waals surface area contributed by atoms with Gasteiger partial charge in [-0.2, -0.15) is 0 Å². The van der Waals surface area contributed by atoms with Gasteiger partial charge in [0.05, 0.1) is 4.92 Å². The number of nitro groups is 1. The number of non-ortho nitro benzene ring substituents is 1. The van der Waals surface area contributed by atoms with Crippen molar-refractivity contribution in [2.24, 2.45) is 0 Å². The van der Waals surface area contributed by atoms with E-state index in [4.69, 9.17) is 0 Å². The average molecular weight is 287 g/mol. The first-order valence-corrected chi connectivity index (χ1v) is 6.08. The Labute approximate surface area is 103 Å². The number of nitrogens with zero attached hydrogens (tertiary/aromatic N) is 1. The van der Waals surface area contributed by atoms with Crippen LogP contribution < -0.4 is 5.32 Å². The summed E-state index contributed by atoms with van der Waals surface area (Å²) in [7, 11) is 0. The smallest absolute Gasteiger partial charge is 0.270 e. The Morgan fingerprint density at radius 3 is 2.75 bits per heavy atom. The first-order valence-electron chi connectivity index (χ1n) is 5.28. The van der Waals surface area contributed by atoms with Gasteiger partial charge in [-0.05, 0) is 31.5 Å². The number of nitro benzene ring substituents is 1. The molecule has 0 aliphatic heterocycles. The maximum Gasteiger partial charge on any atom is 0.270 e. The van der Waals surface area contributed by atoms with Crippen LogP contribution in [0.15, 0.2) is 22.7 Å². The quantitative estimate of drug-likeness (QED) is 0.497. The van der Waals surface area contributed by atoms with Gasteiger partial charge in [-0.1, -0.05) is 28.9 Å². The van der Waals surface area contributed by atoms with Gasteiger partial charge >= 0.3 is 0 Å². The molecule has 4 nitrogen and oxygen atoms in total. The van der Waals surface area contributed by atoms with Crippen molar-refractivity contribution in [2.45, 2.75) is 19.8 Å².